The summed E-state index contributed by atoms with van der Waals surface area (Å²) in [6, 6.07) is 19.6. The molecule has 0 fully saturated rings. The van der Waals surface area contributed by atoms with Gasteiger partial charge >= 0.3 is 0 Å². The summed E-state index contributed by atoms with van der Waals surface area (Å²) >= 11 is 0. The van der Waals surface area contributed by atoms with Gasteiger partial charge in [0.1, 0.15) is 0 Å². The van der Waals surface area contributed by atoms with Crippen molar-refractivity contribution < 1.29 is 0 Å². The van der Waals surface area contributed by atoms with Crippen molar-refractivity contribution in [1.82, 2.24) is 9.55 Å². The van der Waals surface area contributed by atoms with E-state index in [0.29, 0.717) is 11.1 Å². The quantitative estimate of drug-likeness (QED) is 0.741. The fraction of sp³-hybridized carbons (Fsp3) is 0.105. The first-order valence-electron chi connectivity index (χ1n) is 7.26. The van der Waals surface area contributed by atoms with Crippen molar-refractivity contribution in [3.05, 3.63) is 89.5 Å². The van der Waals surface area contributed by atoms with Crippen LogP contribution in [0.4, 0.5) is 0 Å². The highest BCUT2D eigenvalue weighted by molar-refractivity contribution is 5.35. The second kappa shape index (κ2) is 6.60. The number of hydrogen-bond acceptors (Lipinski definition) is 3. The lowest BCUT2D eigenvalue weighted by Crippen LogP contribution is -2.12. The molecule has 3 rings (SSSR count). The highest BCUT2D eigenvalue weighted by atomic mass is 15.0. The minimum atomic E-state index is 0.0955. The van der Waals surface area contributed by atoms with E-state index in [1.54, 1.807) is 12.5 Å². The van der Waals surface area contributed by atoms with Crippen LogP contribution >= 0.6 is 0 Å². The third-order valence-corrected chi connectivity index (χ3v) is 3.82. The van der Waals surface area contributed by atoms with E-state index in [2.05, 4.69) is 21.7 Å². The van der Waals surface area contributed by atoms with Gasteiger partial charge in [0.2, 0.25) is 0 Å². The molecule has 0 bridgehead atoms. The van der Waals surface area contributed by atoms with Crippen molar-refractivity contribution in [1.29, 1.82) is 10.5 Å². The van der Waals surface area contributed by atoms with E-state index in [9.17, 15) is 0 Å². The lowest BCUT2D eigenvalue weighted by atomic mass is 9.97. The molecule has 0 saturated carbocycles. The number of benzene rings is 2. The monoisotopic (exact) mass is 298 g/mol. The van der Waals surface area contributed by atoms with E-state index < -0.39 is 0 Å². The Hall–Kier alpha value is -3.37. The summed E-state index contributed by atoms with van der Waals surface area (Å²) in [5.41, 5.74) is 3.57. The van der Waals surface area contributed by atoms with Crippen molar-refractivity contribution in [2.24, 2.45) is 0 Å². The molecule has 4 heteroatoms. The molecular weight excluding hydrogens is 284 g/mol. The van der Waals surface area contributed by atoms with Crippen LogP contribution in [-0.4, -0.2) is 9.55 Å². The molecule has 1 unspecified atom stereocenters. The number of nitrogens with zero attached hydrogens (tertiary/aromatic N) is 4. The fourth-order valence-electron chi connectivity index (χ4n) is 2.57. The number of imidazole rings is 1. The lowest BCUT2D eigenvalue weighted by molar-refractivity contribution is 0.581. The van der Waals surface area contributed by atoms with Crippen LogP contribution in [0.3, 0.4) is 0 Å². The topological polar surface area (TPSA) is 65.4 Å². The summed E-state index contributed by atoms with van der Waals surface area (Å²) in [5.74, 6) is 0. The minimum Gasteiger partial charge on any atom is -0.330 e. The number of nitriles is 2. The molecule has 0 spiro atoms. The molecule has 0 amide bonds. The van der Waals surface area contributed by atoms with Crippen LogP contribution in [0.15, 0.2) is 67.3 Å². The van der Waals surface area contributed by atoms with Crippen LogP contribution < -0.4 is 0 Å². The van der Waals surface area contributed by atoms with E-state index in [1.807, 2.05) is 54.7 Å². The standard InChI is InChI=1S/C19H14N4/c20-12-16-3-1-15(2-4-16)11-19(23-10-9-22-14-23)18-7-5-17(13-21)6-8-18/h1-10,14,19H,11H2. The molecule has 0 saturated heterocycles. The molecule has 23 heavy (non-hydrogen) atoms. The van der Waals surface area contributed by atoms with Gasteiger partial charge in [-0.25, -0.2) is 4.98 Å². The molecule has 0 radical (unpaired) electrons. The van der Waals surface area contributed by atoms with Gasteiger partial charge in [0.25, 0.3) is 0 Å². The Morgan fingerprint density at radius 2 is 1.52 bits per heavy atom. The molecular formula is C19H14N4. The van der Waals surface area contributed by atoms with Crippen molar-refractivity contribution in [3.8, 4) is 12.1 Å². The van der Waals surface area contributed by atoms with Crippen molar-refractivity contribution >= 4 is 0 Å². The Kier molecular flexibility index (Phi) is 4.18. The van der Waals surface area contributed by atoms with Crippen LogP contribution in [0, 0.1) is 22.7 Å². The van der Waals surface area contributed by atoms with Gasteiger partial charge < -0.3 is 4.57 Å². The SMILES string of the molecule is N#Cc1ccc(CC(c2ccc(C#N)cc2)n2ccnc2)cc1. The van der Waals surface area contributed by atoms with Gasteiger partial charge in [-0.15, -0.1) is 0 Å². The highest BCUT2D eigenvalue weighted by Gasteiger charge is 2.14. The smallest absolute Gasteiger partial charge is 0.0991 e. The molecule has 0 aliphatic carbocycles. The second-order valence-corrected chi connectivity index (χ2v) is 5.27. The molecule has 110 valence electrons. The largest absolute Gasteiger partial charge is 0.330 e. The van der Waals surface area contributed by atoms with Gasteiger partial charge in [-0.1, -0.05) is 24.3 Å². The molecule has 0 N–H and O–H groups in total. The van der Waals surface area contributed by atoms with E-state index in [0.717, 1.165) is 17.5 Å². The summed E-state index contributed by atoms with van der Waals surface area (Å²) < 4.78 is 2.06. The Balaban J connectivity index is 1.92. The van der Waals surface area contributed by atoms with E-state index in [1.165, 1.54) is 0 Å². The van der Waals surface area contributed by atoms with Gasteiger partial charge in [0, 0.05) is 12.4 Å². The molecule has 2 aromatic carbocycles. The Bertz CT molecular complexity index is 848. The number of hydrogen-bond donors (Lipinski definition) is 0. The van der Waals surface area contributed by atoms with Crippen LogP contribution in [-0.2, 0) is 6.42 Å². The Morgan fingerprint density at radius 3 is 2.04 bits per heavy atom. The predicted octanol–water partition coefficient (Wildman–Crippen LogP) is 3.46. The third kappa shape index (κ3) is 3.28. The van der Waals surface area contributed by atoms with Crippen LogP contribution in [0.2, 0.25) is 0 Å². The van der Waals surface area contributed by atoms with Crippen LogP contribution in [0.5, 0.6) is 0 Å². The van der Waals surface area contributed by atoms with E-state index in [4.69, 9.17) is 10.5 Å². The van der Waals surface area contributed by atoms with Crippen LogP contribution in [0.25, 0.3) is 0 Å². The average molecular weight is 298 g/mol. The maximum absolute atomic E-state index is 8.94. The van der Waals surface area contributed by atoms with Gasteiger partial charge in [-0.2, -0.15) is 10.5 Å². The summed E-state index contributed by atoms with van der Waals surface area (Å²) in [5, 5.41) is 17.8. The fourth-order valence-corrected chi connectivity index (χ4v) is 2.57. The normalized spacial score (nSPS) is 11.4. The summed E-state index contributed by atoms with van der Waals surface area (Å²) in [6.45, 7) is 0. The van der Waals surface area contributed by atoms with E-state index in [-0.39, 0.29) is 6.04 Å². The molecule has 0 aliphatic heterocycles. The van der Waals surface area contributed by atoms with Gasteiger partial charge in [-0.3, -0.25) is 0 Å². The zero-order valence-electron chi connectivity index (χ0n) is 12.4. The van der Waals surface area contributed by atoms with Gasteiger partial charge in [0.15, 0.2) is 0 Å². The first-order valence-corrected chi connectivity index (χ1v) is 7.26. The molecule has 1 heterocycles. The molecule has 1 aromatic heterocycles. The van der Waals surface area contributed by atoms with Gasteiger partial charge in [0.05, 0.1) is 35.6 Å². The third-order valence-electron chi connectivity index (χ3n) is 3.82. The van der Waals surface area contributed by atoms with Crippen molar-refractivity contribution in [3.63, 3.8) is 0 Å². The Labute approximate surface area is 134 Å². The predicted molar refractivity (Wildman–Crippen MR) is 86.4 cm³/mol. The minimum absolute atomic E-state index is 0.0955. The lowest BCUT2D eigenvalue weighted by Gasteiger charge is -2.19. The zero-order chi connectivity index (χ0) is 16.1. The Morgan fingerprint density at radius 1 is 0.913 bits per heavy atom. The number of rotatable bonds is 4. The summed E-state index contributed by atoms with van der Waals surface area (Å²) in [6.07, 6.45) is 6.28. The molecule has 4 nitrogen and oxygen atoms in total. The van der Waals surface area contributed by atoms with E-state index >= 15 is 0 Å². The molecule has 0 aliphatic rings. The maximum Gasteiger partial charge on any atom is 0.0991 e. The zero-order valence-corrected chi connectivity index (χ0v) is 12.4. The first kappa shape index (κ1) is 14.6. The average Bonchev–Trinajstić information content (AvgIpc) is 3.15. The molecule has 1 atom stereocenters. The summed E-state index contributed by atoms with van der Waals surface area (Å²) in [4.78, 5) is 4.14. The highest BCUT2D eigenvalue weighted by Crippen LogP contribution is 2.23. The molecule has 3 aromatic rings. The maximum atomic E-state index is 8.94. The first-order chi connectivity index (χ1) is 11.3. The van der Waals surface area contributed by atoms with Crippen molar-refractivity contribution in [2.75, 3.05) is 0 Å². The van der Waals surface area contributed by atoms with Crippen molar-refractivity contribution in [2.45, 2.75) is 12.5 Å². The number of aromatic nitrogens is 2. The summed E-state index contributed by atoms with van der Waals surface area (Å²) in [7, 11) is 0. The second-order valence-electron chi connectivity index (χ2n) is 5.27. The van der Waals surface area contributed by atoms with Crippen LogP contribution in [0.1, 0.15) is 28.3 Å². The van der Waals surface area contributed by atoms with Gasteiger partial charge in [-0.05, 0) is 41.8 Å².